The number of ether oxygens (including phenoxy) is 1. The van der Waals surface area contributed by atoms with E-state index in [1.54, 1.807) is 37.4 Å². The van der Waals surface area contributed by atoms with Crippen LogP contribution in [0.25, 0.3) is 10.9 Å². The lowest BCUT2D eigenvalue weighted by Gasteiger charge is -2.15. The molecule has 26 heavy (non-hydrogen) atoms. The molecule has 0 unspecified atom stereocenters. The van der Waals surface area contributed by atoms with E-state index in [2.05, 4.69) is 4.98 Å². The molecule has 1 amide bonds. The van der Waals surface area contributed by atoms with E-state index >= 15 is 0 Å². The molecule has 2 heterocycles. The minimum Gasteiger partial charge on any atom is -0.464 e. The predicted molar refractivity (Wildman–Crippen MR) is 94.8 cm³/mol. The number of hydrogen-bond donors (Lipinski definition) is 1. The number of furan rings is 1. The summed E-state index contributed by atoms with van der Waals surface area (Å²) in [5.74, 6) is 0.308. The van der Waals surface area contributed by atoms with Gasteiger partial charge in [-0.05, 0) is 25.1 Å². The standard InChI is InChI=1S/C19H18N2O5/c1-12-7-8-13(26-12)10-21(2)18(23)11-25-19(24)15-9-17(22)20-16-6-4-3-5-14(15)16/h3-9H,10-11H2,1-2H3,(H,20,22). The van der Waals surface area contributed by atoms with Crippen molar-refractivity contribution in [1.29, 1.82) is 0 Å². The third-order valence-electron chi connectivity index (χ3n) is 3.91. The monoisotopic (exact) mass is 354 g/mol. The number of benzene rings is 1. The van der Waals surface area contributed by atoms with Gasteiger partial charge in [0.15, 0.2) is 6.61 Å². The van der Waals surface area contributed by atoms with Crippen LogP contribution in [0, 0.1) is 6.92 Å². The number of amides is 1. The van der Waals surface area contributed by atoms with Gasteiger partial charge in [-0.25, -0.2) is 4.79 Å². The third kappa shape index (κ3) is 3.83. The lowest BCUT2D eigenvalue weighted by atomic mass is 10.1. The molecule has 0 atom stereocenters. The highest BCUT2D eigenvalue weighted by Gasteiger charge is 2.17. The molecule has 1 N–H and O–H groups in total. The van der Waals surface area contributed by atoms with Crippen molar-refractivity contribution >= 4 is 22.8 Å². The van der Waals surface area contributed by atoms with Crippen molar-refractivity contribution in [2.75, 3.05) is 13.7 Å². The van der Waals surface area contributed by atoms with Crippen LogP contribution in [0.3, 0.4) is 0 Å². The Morgan fingerprint density at radius 2 is 1.96 bits per heavy atom. The number of rotatable bonds is 5. The summed E-state index contributed by atoms with van der Waals surface area (Å²) in [6.45, 7) is 1.67. The van der Waals surface area contributed by atoms with Gasteiger partial charge in [0.05, 0.1) is 12.1 Å². The summed E-state index contributed by atoms with van der Waals surface area (Å²) >= 11 is 0. The molecule has 3 rings (SSSR count). The fourth-order valence-corrected chi connectivity index (χ4v) is 2.58. The summed E-state index contributed by atoms with van der Waals surface area (Å²) in [6.07, 6.45) is 0. The number of pyridine rings is 1. The van der Waals surface area contributed by atoms with Crippen molar-refractivity contribution in [2.45, 2.75) is 13.5 Å². The summed E-state index contributed by atoms with van der Waals surface area (Å²) < 4.78 is 10.5. The Morgan fingerprint density at radius 1 is 1.19 bits per heavy atom. The molecule has 0 aliphatic rings. The molecule has 0 aliphatic heterocycles. The highest BCUT2D eigenvalue weighted by atomic mass is 16.5. The van der Waals surface area contributed by atoms with E-state index in [4.69, 9.17) is 9.15 Å². The first kappa shape index (κ1) is 17.5. The molecule has 134 valence electrons. The van der Waals surface area contributed by atoms with Crippen LogP contribution in [0.15, 0.2) is 51.7 Å². The highest BCUT2D eigenvalue weighted by molar-refractivity contribution is 6.03. The van der Waals surface area contributed by atoms with Crippen LogP contribution < -0.4 is 5.56 Å². The minimum atomic E-state index is -0.720. The SMILES string of the molecule is Cc1ccc(CN(C)C(=O)COC(=O)c2cc(=O)[nH]c3ccccc23)o1. The summed E-state index contributed by atoms with van der Waals surface area (Å²) in [4.78, 5) is 40.3. The normalized spacial score (nSPS) is 10.7. The number of aromatic amines is 1. The Kier molecular flexibility index (Phi) is 4.88. The van der Waals surface area contributed by atoms with Gasteiger partial charge in [0, 0.05) is 24.0 Å². The van der Waals surface area contributed by atoms with E-state index in [0.29, 0.717) is 16.7 Å². The van der Waals surface area contributed by atoms with Gasteiger partial charge < -0.3 is 19.0 Å². The van der Waals surface area contributed by atoms with Crippen LogP contribution >= 0.6 is 0 Å². The molecule has 1 aromatic carbocycles. The number of aromatic nitrogens is 1. The number of fused-ring (bicyclic) bond motifs is 1. The van der Waals surface area contributed by atoms with E-state index in [0.717, 1.165) is 5.76 Å². The van der Waals surface area contributed by atoms with Crippen LogP contribution in [0.4, 0.5) is 0 Å². The van der Waals surface area contributed by atoms with Gasteiger partial charge in [0.2, 0.25) is 5.56 Å². The lowest BCUT2D eigenvalue weighted by molar-refractivity contribution is -0.133. The van der Waals surface area contributed by atoms with Crippen LogP contribution in [-0.2, 0) is 16.1 Å². The van der Waals surface area contributed by atoms with Crippen molar-refractivity contribution < 1.29 is 18.7 Å². The van der Waals surface area contributed by atoms with Gasteiger partial charge in [-0.3, -0.25) is 9.59 Å². The summed E-state index contributed by atoms with van der Waals surface area (Å²) in [6, 6.07) is 11.7. The van der Waals surface area contributed by atoms with Crippen molar-refractivity contribution in [3.63, 3.8) is 0 Å². The minimum absolute atomic E-state index is 0.126. The average Bonchev–Trinajstić information content (AvgIpc) is 3.03. The zero-order valence-corrected chi connectivity index (χ0v) is 14.4. The molecule has 0 fully saturated rings. The molecule has 0 saturated carbocycles. The molecule has 0 bridgehead atoms. The van der Waals surface area contributed by atoms with Crippen LogP contribution in [-0.4, -0.2) is 35.4 Å². The molecule has 2 aromatic heterocycles. The fourth-order valence-electron chi connectivity index (χ4n) is 2.58. The number of likely N-dealkylation sites (N-methyl/N-ethyl adjacent to an activating group) is 1. The number of nitrogens with zero attached hydrogens (tertiary/aromatic N) is 1. The number of carbonyl (C=O) groups excluding carboxylic acids is 2. The number of H-pyrrole nitrogens is 1. The predicted octanol–water partition coefficient (Wildman–Crippen LogP) is 2.24. The van der Waals surface area contributed by atoms with Crippen LogP contribution in [0.5, 0.6) is 0 Å². The summed E-state index contributed by atoms with van der Waals surface area (Å²) in [5.41, 5.74) is 0.248. The summed E-state index contributed by atoms with van der Waals surface area (Å²) in [7, 11) is 1.59. The first-order chi connectivity index (χ1) is 12.4. The number of esters is 1. The average molecular weight is 354 g/mol. The lowest BCUT2D eigenvalue weighted by Crippen LogP contribution is -2.30. The van der Waals surface area contributed by atoms with Gasteiger partial charge in [0.1, 0.15) is 11.5 Å². The number of nitrogens with one attached hydrogen (secondary N) is 1. The number of hydrogen-bond acceptors (Lipinski definition) is 5. The number of para-hydroxylation sites is 1. The topological polar surface area (TPSA) is 92.6 Å². The Balaban J connectivity index is 1.67. The van der Waals surface area contributed by atoms with Crippen molar-refractivity contribution in [1.82, 2.24) is 9.88 Å². The Labute approximate surface area is 149 Å². The quantitative estimate of drug-likeness (QED) is 0.710. The maximum absolute atomic E-state index is 12.3. The largest absolute Gasteiger partial charge is 0.464 e. The van der Waals surface area contributed by atoms with E-state index < -0.39 is 18.1 Å². The van der Waals surface area contributed by atoms with Crippen molar-refractivity contribution in [3.05, 3.63) is 69.9 Å². The van der Waals surface area contributed by atoms with Crippen LogP contribution in [0.1, 0.15) is 21.9 Å². The van der Waals surface area contributed by atoms with Gasteiger partial charge in [-0.15, -0.1) is 0 Å². The zero-order valence-electron chi connectivity index (χ0n) is 14.4. The fraction of sp³-hybridized carbons (Fsp3) is 0.211. The first-order valence-corrected chi connectivity index (χ1v) is 8.02. The van der Waals surface area contributed by atoms with Crippen molar-refractivity contribution in [2.24, 2.45) is 0 Å². The molecular weight excluding hydrogens is 336 g/mol. The van der Waals surface area contributed by atoms with E-state index in [1.807, 2.05) is 13.0 Å². The summed E-state index contributed by atoms with van der Waals surface area (Å²) in [5, 5.41) is 0.559. The Bertz CT molecular complexity index is 1020. The Morgan fingerprint density at radius 3 is 2.69 bits per heavy atom. The second-order valence-corrected chi connectivity index (χ2v) is 5.93. The first-order valence-electron chi connectivity index (χ1n) is 8.02. The zero-order chi connectivity index (χ0) is 18.7. The molecule has 0 aliphatic carbocycles. The van der Waals surface area contributed by atoms with E-state index in [9.17, 15) is 14.4 Å². The van der Waals surface area contributed by atoms with Gasteiger partial charge in [-0.2, -0.15) is 0 Å². The maximum atomic E-state index is 12.3. The van der Waals surface area contributed by atoms with Crippen LogP contribution in [0.2, 0.25) is 0 Å². The second-order valence-electron chi connectivity index (χ2n) is 5.93. The van der Waals surface area contributed by atoms with E-state index in [1.165, 1.54) is 11.0 Å². The van der Waals surface area contributed by atoms with Gasteiger partial charge in [0.25, 0.3) is 5.91 Å². The Hall–Kier alpha value is -3.35. The molecule has 0 radical (unpaired) electrons. The molecular formula is C19H18N2O5. The number of aryl methyl sites for hydroxylation is 1. The molecule has 7 heteroatoms. The smallest absolute Gasteiger partial charge is 0.339 e. The third-order valence-corrected chi connectivity index (χ3v) is 3.91. The van der Waals surface area contributed by atoms with Crippen molar-refractivity contribution in [3.8, 4) is 0 Å². The van der Waals surface area contributed by atoms with Gasteiger partial charge in [-0.1, -0.05) is 18.2 Å². The second kappa shape index (κ2) is 7.26. The molecule has 3 aromatic rings. The number of carbonyl (C=O) groups is 2. The molecule has 7 nitrogen and oxygen atoms in total. The van der Waals surface area contributed by atoms with Gasteiger partial charge >= 0.3 is 5.97 Å². The molecule has 0 saturated heterocycles. The maximum Gasteiger partial charge on any atom is 0.339 e. The van der Waals surface area contributed by atoms with E-state index in [-0.39, 0.29) is 18.0 Å². The highest BCUT2D eigenvalue weighted by Crippen LogP contribution is 2.15. The molecule has 0 spiro atoms.